The molecule has 0 amide bonds. The molecule has 4 heteroatoms. The molecule has 1 heterocycles. The summed E-state index contributed by atoms with van der Waals surface area (Å²) in [6.45, 7) is 11.6. The Bertz CT molecular complexity index is 1020. The van der Waals surface area contributed by atoms with Gasteiger partial charge in [0.2, 0.25) is 5.95 Å². The number of aromatic nitrogens is 2. The summed E-state index contributed by atoms with van der Waals surface area (Å²) >= 11 is 0. The molecule has 1 fully saturated rings. The van der Waals surface area contributed by atoms with E-state index in [2.05, 4.69) is 80.9 Å². The number of benzene rings is 2. The van der Waals surface area contributed by atoms with E-state index in [4.69, 9.17) is 9.72 Å². The summed E-state index contributed by atoms with van der Waals surface area (Å²) in [7, 11) is 1.73. The zero-order chi connectivity index (χ0) is 21.5. The summed E-state index contributed by atoms with van der Waals surface area (Å²) in [6.07, 6.45) is 3.60. The number of nitrogens with zero attached hydrogens (tertiary/aromatic N) is 2. The third-order valence-electron chi connectivity index (χ3n) is 6.46. The number of methoxy groups -OCH3 is 1. The van der Waals surface area contributed by atoms with Gasteiger partial charge in [0, 0.05) is 17.8 Å². The molecule has 1 saturated carbocycles. The van der Waals surface area contributed by atoms with E-state index < -0.39 is 0 Å². The molecule has 3 aromatic rings. The molecule has 1 N–H and O–H groups in total. The molecule has 4 rings (SSSR count). The standard InChI is InChI=1S/C26H35N3O/c1-17(2)19-7-9-20(10-8-19)27-25-28-23-12-11-22(30-6)14-24(23)29(25)21-13-18(3)15-26(4,5)16-21/h7-12,14,17-18,21H,13,15-16H2,1-6H3,(H,27,28). The topological polar surface area (TPSA) is 39.1 Å². The van der Waals surface area contributed by atoms with Crippen molar-refractivity contribution in [3.05, 3.63) is 48.0 Å². The fourth-order valence-electron chi connectivity index (χ4n) is 5.23. The zero-order valence-electron chi connectivity index (χ0n) is 19.2. The number of nitrogens with one attached hydrogen (secondary N) is 1. The van der Waals surface area contributed by atoms with E-state index in [1.165, 1.54) is 18.4 Å². The van der Waals surface area contributed by atoms with Crippen molar-refractivity contribution in [1.29, 1.82) is 0 Å². The number of fused-ring (bicyclic) bond motifs is 1. The van der Waals surface area contributed by atoms with Gasteiger partial charge in [0.25, 0.3) is 0 Å². The number of ether oxygens (including phenoxy) is 1. The van der Waals surface area contributed by atoms with Crippen LogP contribution in [0.15, 0.2) is 42.5 Å². The molecule has 160 valence electrons. The molecule has 2 aromatic carbocycles. The number of rotatable bonds is 5. The molecule has 30 heavy (non-hydrogen) atoms. The average molecular weight is 406 g/mol. The van der Waals surface area contributed by atoms with E-state index in [-0.39, 0.29) is 0 Å². The fraction of sp³-hybridized carbons (Fsp3) is 0.500. The van der Waals surface area contributed by atoms with Gasteiger partial charge in [-0.05, 0) is 66.3 Å². The van der Waals surface area contributed by atoms with Crippen molar-refractivity contribution in [1.82, 2.24) is 9.55 Å². The van der Waals surface area contributed by atoms with Crippen molar-refractivity contribution in [2.45, 2.75) is 65.8 Å². The molecule has 1 aliphatic carbocycles. The minimum absolute atomic E-state index is 0.327. The second-order valence-electron chi connectivity index (χ2n) is 10.1. The minimum Gasteiger partial charge on any atom is -0.497 e. The molecule has 1 aliphatic rings. The van der Waals surface area contributed by atoms with Crippen LogP contribution in [0.2, 0.25) is 0 Å². The van der Waals surface area contributed by atoms with Crippen LogP contribution in [0.5, 0.6) is 5.75 Å². The van der Waals surface area contributed by atoms with Crippen LogP contribution in [0.3, 0.4) is 0 Å². The van der Waals surface area contributed by atoms with Gasteiger partial charge in [-0.3, -0.25) is 0 Å². The van der Waals surface area contributed by atoms with Crippen molar-refractivity contribution in [2.75, 3.05) is 12.4 Å². The van der Waals surface area contributed by atoms with E-state index in [1.807, 2.05) is 6.07 Å². The van der Waals surface area contributed by atoms with E-state index >= 15 is 0 Å². The molecule has 0 radical (unpaired) electrons. The predicted molar refractivity (Wildman–Crippen MR) is 126 cm³/mol. The highest BCUT2D eigenvalue weighted by Gasteiger charge is 2.34. The largest absolute Gasteiger partial charge is 0.497 e. The molecule has 0 aliphatic heterocycles. The van der Waals surface area contributed by atoms with Gasteiger partial charge in [-0.15, -0.1) is 0 Å². The first-order chi connectivity index (χ1) is 14.3. The number of anilines is 2. The van der Waals surface area contributed by atoms with Crippen molar-refractivity contribution in [3.8, 4) is 5.75 Å². The lowest BCUT2D eigenvalue weighted by molar-refractivity contribution is 0.140. The van der Waals surface area contributed by atoms with E-state index in [0.29, 0.717) is 23.3 Å². The average Bonchev–Trinajstić information content (AvgIpc) is 3.03. The van der Waals surface area contributed by atoms with Crippen LogP contribution in [0.1, 0.15) is 71.4 Å². The van der Waals surface area contributed by atoms with E-state index in [9.17, 15) is 0 Å². The van der Waals surface area contributed by atoms with Crippen LogP contribution in [0.4, 0.5) is 11.6 Å². The quantitative estimate of drug-likeness (QED) is 0.484. The van der Waals surface area contributed by atoms with Crippen LogP contribution in [0, 0.1) is 11.3 Å². The third-order valence-corrected chi connectivity index (χ3v) is 6.46. The highest BCUT2D eigenvalue weighted by Crippen LogP contribution is 2.46. The predicted octanol–water partition coefficient (Wildman–Crippen LogP) is 7.30. The molecule has 4 nitrogen and oxygen atoms in total. The molecule has 1 aromatic heterocycles. The van der Waals surface area contributed by atoms with Gasteiger partial charge in [0.1, 0.15) is 5.75 Å². The first kappa shape index (κ1) is 20.8. The number of hydrogen-bond donors (Lipinski definition) is 1. The van der Waals surface area contributed by atoms with Crippen molar-refractivity contribution in [3.63, 3.8) is 0 Å². The third kappa shape index (κ3) is 4.19. The minimum atomic E-state index is 0.327. The lowest BCUT2D eigenvalue weighted by Gasteiger charge is -2.40. The maximum atomic E-state index is 5.53. The highest BCUT2D eigenvalue weighted by molar-refractivity contribution is 5.81. The van der Waals surface area contributed by atoms with Gasteiger partial charge < -0.3 is 14.6 Å². The summed E-state index contributed by atoms with van der Waals surface area (Å²) in [5.74, 6) is 3.02. The second kappa shape index (κ2) is 7.98. The van der Waals surface area contributed by atoms with Gasteiger partial charge >= 0.3 is 0 Å². The summed E-state index contributed by atoms with van der Waals surface area (Å²) in [5.41, 5.74) is 4.90. The number of imidazole rings is 1. The monoisotopic (exact) mass is 405 g/mol. The molecular weight excluding hydrogens is 370 g/mol. The Kier molecular flexibility index (Phi) is 5.52. The first-order valence-electron chi connectivity index (χ1n) is 11.2. The Morgan fingerprint density at radius 2 is 1.83 bits per heavy atom. The Balaban J connectivity index is 1.77. The SMILES string of the molecule is COc1ccc2nc(Nc3ccc(C(C)C)cc3)n(C3CC(C)CC(C)(C)C3)c2c1. The van der Waals surface area contributed by atoms with Gasteiger partial charge in [-0.2, -0.15) is 0 Å². The van der Waals surface area contributed by atoms with Crippen LogP contribution < -0.4 is 10.1 Å². The smallest absolute Gasteiger partial charge is 0.208 e. The van der Waals surface area contributed by atoms with Gasteiger partial charge in [-0.25, -0.2) is 4.98 Å². The highest BCUT2D eigenvalue weighted by atomic mass is 16.5. The molecule has 2 atom stereocenters. The number of hydrogen-bond acceptors (Lipinski definition) is 3. The van der Waals surface area contributed by atoms with Gasteiger partial charge in [0.05, 0.1) is 18.1 Å². The maximum Gasteiger partial charge on any atom is 0.208 e. The molecule has 0 saturated heterocycles. The summed E-state index contributed by atoms with van der Waals surface area (Å²) in [4.78, 5) is 4.99. The fourth-order valence-corrected chi connectivity index (χ4v) is 5.23. The summed E-state index contributed by atoms with van der Waals surface area (Å²) < 4.78 is 7.95. The Hall–Kier alpha value is -2.49. The van der Waals surface area contributed by atoms with Crippen molar-refractivity contribution in [2.24, 2.45) is 11.3 Å². The summed E-state index contributed by atoms with van der Waals surface area (Å²) in [6, 6.07) is 15.3. The Morgan fingerprint density at radius 3 is 2.47 bits per heavy atom. The van der Waals surface area contributed by atoms with Crippen molar-refractivity contribution < 1.29 is 4.74 Å². The lowest BCUT2D eigenvalue weighted by atomic mass is 9.70. The Morgan fingerprint density at radius 1 is 1.10 bits per heavy atom. The Labute approximate surface area is 180 Å². The normalized spacial score (nSPS) is 21.2. The van der Waals surface area contributed by atoms with Gasteiger partial charge in [0.15, 0.2) is 0 Å². The molecule has 2 unspecified atom stereocenters. The van der Waals surface area contributed by atoms with Gasteiger partial charge in [-0.1, -0.05) is 46.8 Å². The summed E-state index contributed by atoms with van der Waals surface area (Å²) in [5, 5.41) is 3.62. The molecule has 0 bridgehead atoms. The van der Waals surface area contributed by atoms with Crippen LogP contribution >= 0.6 is 0 Å². The zero-order valence-corrected chi connectivity index (χ0v) is 19.2. The second-order valence-corrected chi connectivity index (χ2v) is 10.1. The molecular formula is C26H35N3O. The van der Waals surface area contributed by atoms with Crippen molar-refractivity contribution >= 4 is 22.7 Å². The van der Waals surface area contributed by atoms with Crippen LogP contribution in [-0.4, -0.2) is 16.7 Å². The van der Waals surface area contributed by atoms with Crippen LogP contribution in [0.25, 0.3) is 11.0 Å². The molecule has 0 spiro atoms. The van der Waals surface area contributed by atoms with Crippen LogP contribution in [-0.2, 0) is 0 Å². The maximum absolute atomic E-state index is 5.53. The lowest BCUT2D eigenvalue weighted by Crippen LogP contribution is -2.29. The first-order valence-corrected chi connectivity index (χ1v) is 11.2. The van der Waals surface area contributed by atoms with E-state index in [1.54, 1.807) is 7.11 Å². The van der Waals surface area contributed by atoms with E-state index in [0.717, 1.165) is 34.8 Å².